The summed E-state index contributed by atoms with van der Waals surface area (Å²) in [7, 11) is 0. The Morgan fingerprint density at radius 2 is 2.07 bits per heavy atom. The van der Waals surface area contributed by atoms with Crippen LogP contribution in [0.3, 0.4) is 0 Å². The van der Waals surface area contributed by atoms with Crippen molar-refractivity contribution < 1.29 is 4.79 Å². The number of nitrogens with zero attached hydrogens (tertiary/aromatic N) is 4. The third-order valence-corrected chi connectivity index (χ3v) is 5.50. The van der Waals surface area contributed by atoms with Crippen LogP contribution in [0.5, 0.6) is 0 Å². The number of rotatable bonds is 7. The van der Waals surface area contributed by atoms with Gasteiger partial charge in [0.1, 0.15) is 11.7 Å². The largest absolute Gasteiger partial charge is 0.351 e. The Morgan fingerprint density at radius 3 is 2.83 bits per heavy atom. The molecule has 0 unspecified atom stereocenters. The fraction of sp³-hybridized carbons (Fsp3) is 0.182. The van der Waals surface area contributed by atoms with Crippen molar-refractivity contribution in [1.82, 2.24) is 24.6 Å². The van der Waals surface area contributed by atoms with Crippen LogP contribution in [0.2, 0.25) is 0 Å². The zero-order chi connectivity index (χ0) is 20.9. The summed E-state index contributed by atoms with van der Waals surface area (Å²) < 4.78 is 3.21. The van der Waals surface area contributed by atoms with Crippen molar-refractivity contribution >= 4 is 34.4 Å². The topological polar surface area (TPSA) is 81.8 Å². The minimum atomic E-state index is -0.173. The maximum absolute atomic E-state index is 12.8. The first kappa shape index (κ1) is 19.8. The second-order valence-electron chi connectivity index (χ2n) is 6.91. The fourth-order valence-corrected chi connectivity index (χ4v) is 3.67. The van der Waals surface area contributed by atoms with Crippen LogP contribution < -0.4 is 10.9 Å². The van der Waals surface area contributed by atoms with E-state index in [1.807, 2.05) is 48.7 Å². The SMILES string of the molecule is Cc1ccc(Cn2cnc3c(cnn3CCNC(=O)/C=C/c3cccs3)c2=O)cc1. The third kappa shape index (κ3) is 4.55. The lowest BCUT2D eigenvalue weighted by Gasteiger charge is -2.07. The lowest BCUT2D eigenvalue weighted by molar-refractivity contribution is -0.116. The standard InChI is InChI=1S/C22H21N5O2S/c1-16-4-6-17(7-5-16)14-26-15-24-21-19(22(26)29)13-25-27(21)11-10-23-20(28)9-8-18-3-2-12-30-18/h2-9,12-13,15H,10-11,14H2,1H3,(H,23,28)/b9-8+. The molecule has 1 amide bonds. The molecule has 8 heteroatoms. The number of hydrogen-bond acceptors (Lipinski definition) is 5. The third-order valence-electron chi connectivity index (χ3n) is 4.66. The zero-order valence-corrected chi connectivity index (χ0v) is 17.3. The van der Waals surface area contributed by atoms with Crippen molar-refractivity contribution in [3.8, 4) is 0 Å². The van der Waals surface area contributed by atoms with Crippen molar-refractivity contribution in [2.24, 2.45) is 0 Å². The molecule has 3 heterocycles. The number of aryl methyl sites for hydroxylation is 1. The van der Waals surface area contributed by atoms with E-state index in [4.69, 9.17) is 0 Å². The van der Waals surface area contributed by atoms with E-state index in [1.54, 1.807) is 33.0 Å². The lowest BCUT2D eigenvalue weighted by Crippen LogP contribution is -2.26. The van der Waals surface area contributed by atoms with Gasteiger partial charge in [0, 0.05) is 17.5 Å². The van der Waals surface area contributed by atoms with E-state index in [9.17, 15) is 9.59 Å². The van der Waals surface area contributed by atoms with E-state index in [0.717, 1.165) is 10.4 Å². The summed E-state index contributed by atoms with van der Waals surface area (Å²) >= 11 is 1.57. The number of benzene rings is 1. The molecule has 0 saturated carbocycles. The Hall–Kier alpha value is -3.52. The van der Waals surface area contributed by atoms with E-state index in [0.29, 0.717) is 30.7 Å². The Kier molecular flexibility index (Phi) is 5.85. The number of fused-ring (bicyclic) bond motifs is 1. The molecular formula is C22H21N5O2S. The van der Waals surface area contributed by atoms with Gasteiger partial charge in [0.2, 0.25) is 5.91 Å². The predicted octanol–water partition coefficient (Wildman–Crippen LogP) is 2.84. The molecule has 0 bridgehead atoms. The summed E-state index contributed by atoms with van der Waals surface area (Å²) in [5, 5.41) is 9.52. The number of thiophene rings is 1. The Balaban J connectivity index is 1.40. The summed E-state index contributed by atoms with van der Waals surface area (Å²) in [6, 6.07) is 11.9. The highest BCUT2D eigenvalue weighted by Gasteiger charge is 2.10. The molecule has 4 rings (SSSR count). The predicted molar refractivity (Wildman–Crippen MR) is 118 cm³/mol. The average Bonchev–Trinajstić information content (AvgIpc) is 3.40. The molecular weight excluding hydrogens is 398 g/mol. The highest BCUT2D eigenvalue weighted by Crippen LogP contribution is 2.10. The van der Waals surface area contributed by atoms with E-state index < -0.39 is 0 Å². The number of aromatic nitrogens is 4. The molecule has 0 aliphatic rings. The van der Waals surface area contributed by atoms with Crippen molar-refractivity contribution in [1.29, 1.82) is 0 Å². The van der Waals surface area contributed by atoms with Crippen LogP contribution >= 0.6 is 11.3 Å². The first-order valence-corrected chi connectivity index (χ1v) is 10.4. The van der Waals surface area contributed by atoms with Gasteiger partial charge in [0.15, 0.2) is 5.65 Å². The number of nitrogens with one attached hydrogen (secondary N) is 1. The average molecular weight is 420 g/mol. The second-order valence-corrected chi connectivity index (χ2v) is 7.89. The Labute approximate surface area is 177 Å². The monoisotopic (exact) mass is 419 g/mol. The summed E-state index contributed by atoms with van der Waals surface area (Å²) in [5.74, 6) is -0.173. The summed E-state index contributed by atoms with van der Waals surface area (Å²) in [5.41, 5.74) is 2.60. The molecule has 0 aliphatic carbocycles. The molecule has 0 atom stereocenters. The highest BCUT2D eigenvalue weighted by atomic mass is 32.1. The number of hydrogen-bond donors (Lipinski definition) is 1. The van der Waals surface area contributed by atoms with E-state index >= 15 is 0 Å². The number of carbonyl (C=O) groups is 1. The molecule has 0 fully saturated rings. The molecule has 0 radical (unpaired) electrons. The fourth-order valence-electron chi connectivity index (χ4n) is 3.05. The van der Waals surface area contributed by atoms with Crippen molar-refractivity contribution in [3.05, 3.63) is 86.7 Å². The van der Waals surface area contributed by atoms with Crippen molar-refractivity contribution in [2.45, 2.75) is 20.0 Å². The van der Waals surface area contributed by atoms with Crippen LogP contribution in [0.1, 0.15) is 16.0 Å². The lowest BCUT2D eigenvalue weighted by atomic mass is 10.1. The molecule has 0 aliphatic heterocycles. The quantitative estimate of drug-likeness (QED) is 0.467. The van der Waals surface area contributed by atoms with Crippen LogP contribution in [0.4, 0.5) is 0 Å². The van der Waals surface area contributed by atoms with Gasteiger partial charge in [0.05, 0.1) is 19.3 Å². The Bertz CT molecular complexity index is 1240. The van der Waals surface area contributed by atoms with E-state index in [1.165, 1.54) is 17.8 Å². The van der Waals surface area contributed by atoms with Gasteiger partial charge in [-0.3, -0.25) is 14.2 Å². The molecule has 0 spiro atoms. The molecule has 0 saturated heterocycles. The number of amides is 1. The maximum Gasteiger partial charge on any atom is 0.264 e. The van der Waals surface area contributed by atoms with Crippen LogP contribution in [0.25, 0.3) is 17.1 Å². The van der Waals surface area contributed by atoms with Crippen LogP contribution in [0.15, 0.2) is 65.2 Å². The molecule has 30 heavy (non-hydrogen) atoms. The van der Waals surface area contributed by atoms with Gasteiger partial charge in [-0.2, -0.15) is 5.10 Å². The van der Waals surface area contributed by atoms with Crippen LogP contribution in [-0.4, -0.2) is 31.8 Å². The molecule has 152 valence electrons. The van der Waals surface area contributed by atoms with Gasteiger partial charge in [0.25, 0.3) is 5.56 Å². The van der Waals surface area contributed by atoms with Gasteiger partial charge >= 0.3 is 0 Å². The summed E-state index contributed by atoms with van der Waals surface area (Å²) in [4.78, 5) is 30.2. The van der Waals surface area contributed by atoms with Gasteiger partial charge < -0.3 is 5.32 Å². The minimum absolute atomic E-state index is 0.130. The van der Waals surface area contributed by atoms with Gasteiger partial charge in [-0.25, -0.2) is 9.67 Å². The van der Waals surface area contributed by atoms with Crippen LogP contribution in [-0.2, 0) is 17.9 Å². The van der Waals surface area contributed by atoms with Gasteiger partial charge in [-0.05, 0) is 30.0 Å². The Morgan fingerprint density at radius 1 is 1.23 bits per heavy atom. The molecule has 7 nitrogen and oxygen atoms in total. The maximum atomic E-state index is 12.8. The molecule has 1 aromatic carbocycles. The van der Waals surface area contributed by atoms with Crippen molar-refractivity contribution in [3.63, 3.8) is 0 Å². The zero-order valence-electron chi connectivity index (χ0n) is 16.5. The van der Waals surface area contributed by atoms with Gasteiger partial charge in [-0.1, -0.05) is 35.9 Å². The molecule has 3 aromatic heterocycles. The van der Waals surface area contributed by atoms with Crippen molar-refractivity contribution in [2.75, 3.05) is 6.54 Å². The highest BCUT2D eigenvalue weighted by molar-refractivity contribution is 7.10. The second kappa shape index (κ2) is 8.87. The molecule has 1 N–H and O–H groups in total. The summed E-state index contributed by atoms with van der Waals surface area (Å²) in [6.07, 6.45) is 6.37. The summed E-state index contributed by atoms with van der Waals surface area (Å²) in [6.45, 7) is 3.30. The minimum Gasteiger partial charge on any atom is -0.351 e. The van der Waals surface area contributed by atoms with Crippen LogP contribution in [0, 0.1) is 6.92 Å². The smallest absolute Gasteiger partial charge is 0.264 e. The number of carbonyl (C=O) groups excluding carboxylic acids is 1. The van der Waals surface area contributed by atoms with E-state index in [2.05, 4.69) is 15.4 Å². The van der Waals surface area contributed by atoms with E-state index in [-0.39, 0.29) is 11.5 Å². The molecule has 4 aromatic rings. The normalized spacial score (nSPS) is 11.4. The van der Waals surface area contributed by atoms with Gasteiger partial charge in [-0.15, -0.1) is 11.3 Å². The first-order chi connectivity index (χ1) is 14.6. The first-order valence-electron chi connectivity index (χ1n) is 9.56.